The Hall–Kier alpha value is -3.50. The maximum absolute atomic E-state index is 11.2. The number of aliphatic hydroxyl groups is 1. The van der Waals surface area contributed by atoms with Gasteiger partial charge in [-0.2, -0.15) is 0 Å². The van der Waals surface area contributed by atoms with E-state index in [4.69, 9.17) is 4.98 Å². The fourth-order valence-corrected chi connectivity index (χ4v) is 6.98. The topological polar surface area (TPSA) is 50.2 Å². The largest absolute Gasteiger partial charge is 0.512 e. The average Bonchev–Trinajstić information content (AvgIpc) is 3.14. The quantitative estimate of drug-likeness (QED) is 0.0944. The summed E-state index contributed by atoms with van der Waals surface area (Å²) in [4.78, 5) is 18.6. The number of aromatic nitrogens is 1. The molecule has 3 nitrogen and oxygen atoms in total. The van der Waals surface area contributed by atoms with E-state index in [2.05, 4.69) is 105 Å². The number of hydrogen-bond acceptors (Lipinski definition) is 4. The van der Waals surface area contributed by atoms with Crippen molar-refractivity contribution in [3.63, 3.8) is 0 Å². The Labute approximate surface area is 298 Å². The second-order valence-electron chi connectivity index (χ2n) is 13.4. The molecule has 0 fully saturated rings. The van der Waals surface area contributed by atoms with Gasteiger partial charge in [0.2, 0.25) is 0 Å². The predicted molar refractivity (Wildman–Crippen MR) is 194 cm³/mol. The number of carbonyl (C=O) groups is 1. The van der Waals surface area contributed by atoms with Crippen LogP contribution in [0.5, 0.6) is 0 Å². The van der Waals surface area contributed by atoms with E-state index in [1.165, 1.54) is 54.5 Å². The number of fused-ring (bicyclic) bond motifs is 6. The van der Waals surface area contributed by atoms with Crippen LogP contribution in [0.4, 0.5) is 0 Å². The van der Waals surface area contributed by atoms with Gasteiger partial charge in [-0.1, -0.05) is 113 Å². The van der Waals surface area contributed by atoms with Crippen LogP contribution in [0, 0.1) is 23.8 Å². The number of aliphatic hydroxyl groups excluding tert-OH is 1. The van der Waals surface area contributed by atoms with Gasteiger partial charge in [0.1, 0.15) is 0 Å². The van der Waals surface area contributed by atoms with Gasteiger partial charge in [-0.15, -0.1) is 35.5 Å². The van der Waals surface area contributed by atoms with E-state index in [1.807, 2.05) is 45.7 Å². The van der Waals surface area contributed by atoms with Crippen molar-refractivity contribution in [2.75, 3.05) is 0 Å². The summed E-state index contributed by atoms with van der Waals surface area (Å²) in [5.74, 6) is 1.60. The third-order valence-electron chi connectivity index (χ3n) is 7.81. The van der Waals surface area contributed by atoms with Gasteiger partial charge in [-0.05, 0) is 75.0 Å². The van der Waals surface area contributed by atoms with Crippen LogP contribution in [0.15, 0.2) is 113 Å². The van der Waals surface area contributed by atoms with E-state index in [0.717, 1.165) is 17.7 Å². The normalized spacial score (nSPS) is 12.1. The molecule has 1 N–H and O–H groups in total. The minimum absolute atomic E-state index is 0. The third-order valence-corrected chi connectivity index (χ3v) is 8.94. The second kappa shape index (κ2) is 16.6. The summed E-state index contributed by atoms with van der Waals surface area (Å²) in [6, 6.07) is 34.3. The SMILES string of the molecule is CC(C)CC(=O)/C=C(\O)CC(C)C.CC(C)Cc1ccc2ccnc(-c3[c-]cc4c(c3)-c3ccccc3-c3ccccc3S4)c2c1.[Ir]. The van der Waals surface area contributed by atoms with Gasteiger partial charge in [-0.3, -0.25) is 4.79 Å². The first-order chi connectivity index (χ1) is 22.1. The Kier molecular flexibility index (Phi) is 12.8. The van der Waals surface area contributed by atoms with Gasteiger partial charge in [0, 0.05) is 50.1 Å². The van der Waals surface area contributed by atoms with Crippen molar-refractivity contribution in [3.05, 3.63) is 115 Å². The van der Waals surface area contributed by atoms with Gasteiger partial charge < -0.3 is 10.1 Å². The zero-order valence-electron chi connectivity index (χ0n) is 28.1. The van der Waals surface area contributed by atoms with Gasteiger partial charge >= 0.3 is 0 Å². The number of rotatable bonds is 8. The molecule has 6 rings (SSSR count). The van der Waals surface area contributed by atoms with Gasteiger partial charge in [0.15, 0.2) is 5.78 Å². The van der Waals surface area contributed by atoms with Gasteiger partial charge in [0.05, 0.1) is 5.76 Å². The maximum atomic E-state index is 11.2. The zero-order valence-corrected chi connectivity index (χ0v) is 31.3. The van der Waals surface area contributed by atoms with Crippen LogP contribution in [-0.2, 0) is 31.3 Å². The molecular weight excluding hydrogens is 775 g/mol. The summed E-state index contributed by atoms with van der Waals surface area (Å²) in [7, 11) is 0. The molecule has 0 unspecified atom stereocenters. The molecule has 0 saturated heterocycles. The summed E-state index contributed by atoms with van der Waals surface area (Å²) in [6.07, 6.45) is 5.45. The van der Waals surface area contributed by atoms with Crippen LogP contribution in [0.2, 0.25) is 0 Å². The van der Waals surface area contributed by atoms with E-state index in [0.29, 0.717) is 30.6 Å². The first-order valence-corrected chi connectivity index (χ1v) is 17.1. The smallest absolute Gasteiger partial charge is 0.159 e. The number of hydrogen-bond donors (Lipinski definition) is 1. The molecule has 0 saturated carbocycles. The van der Waals surface area contributed by atoms with Crippen molar-refractivity contribution in [2.24, 2.45) is 17.8 Å². The number of carbonyl (C=O) groups excluding carboxylic acids is 1. The molecule has 47 heavy (non-hydrogen) atoms. The minimum atomic E-state index is 0. The number of pyridine rings is 1. The van der Waals surface area contributed by atoms with E-state index >= 15 is 0 Å². The molecule has 5 aromatic rings. The van der Waals surface area contributed by atoms with Crippen molar-refractivity contribution in [3.8, 4) is 33.5 Å². The molecule has 1 aliphatic heterocycles. The maximum Gasteiger partial charge on any atom is 0.159 e. The monoisotopic (exact) mass is 819 g/mol. The molecule has 0 atom stereocenters. The molecule has 245 valence electrons. The van der Waals surface area contributed by atoms with Gasteiger partial charge in [-0.25, -0.2) is 0 Å². The third kappa shape index (κ3) is 9.32. The van der Waals surface area contributed by atoms with E-state index in [-0.39, 0.29) is 31.6 Å². The fourth-order valence-electron chi connectivity index (χ4n) is 5.91. The van der Waals surface area contributed by atoms with Gasteiger partial charge in [0.25, 0.3) is 0 Å². The molecule has 1 radical (unpaired) electrons. The van der Waals surface area contributed by atoms with Crippen LogP contribution in [0.3, 0.4) is 0 Å². The second-order valence-corrected chi connectivity index (χ2v) is 14.5. The average molecular weight is 819 g/mol. The molecule has 1 aromatic heterocycles. The summed E-state index contributed by atoms with van der Waals surface area (Å²) < 4.78 is 0. The molecular formula is C42H44IrNO2S-. The predicted octanol–water partition coefficient (Wildman–Crippen LogP) is 11.8. The molecule has 4 aromatic carbocycles. The number of ketones is 1. The molecule has 0 amide bonds. The van der Waals surface area contributed by atoms with E-state index in [1.54, 1.807) is 0 Å². The Morgan fingerprint density at radius 3 is 2.13 bits per heavy atom. The molecule has 0 bridgehead atoms. The summed E-state index contributed by atoms with van der Waals surface area (Å²) in [5.41, 5.74) is 8.49. The number of benzene rings is 4. The molecule has 0 aliphatic carbocycles. The van der Waals surface area contributed by atoms with E-state index < -0.39 is 0 Å². The van der Waals surface area contributed by atoms with Crippen molar-refractivity contribution in [1.82, 2.24) is 4.98 Å². The minimum Gasteiger partial charge on any atom is -0.512 e. The Morgan fingerprint density at radius 2 is 1.45 bits per heavy atom. The first-order valence-electron chi connectivity index (χ1n) is 16.3. The summed E-state index contributed by atoms with van der Waals surface area (Å²) in [6.45, 7) is 12.5. The van der Waals surface area contributed by atoms with Crippen LogP contribution < -0.4 is 0 Å². The molecule has 1 aliphatic rings. The van der Waals surface area contributed by atoms with Crippen LogP contribution in [-0.4, -0.2) is 15.9 Å². The number of nitrogens with zero attached hydrogens (tertiary/aromatic N) is 1. The Morgan fingerprint density at radius 1 is 0.787 bits per heavy atom. The van der Waals surface area contributed by atoms with Crippen LogP contribution in [0.25, 0.3) is 44.3 Å². The van der Waals surface area contributed by atoms with E-state index in [9.17, 15) is 9.90 Å². The van der Waals surface area contributed by atoms with Crippen LogP contribution in [0.1, 0.15) is 59.9 Å². The molecule has 5 heteroatoms. The van der Waals surface area contributed by atoms with Crippen LogP contribution >= 0.6 is 11.8 Å². The summed E-state index contributed by atoms with van der Waals surface area (Å²) >= 11 is 1.83. The van der Waals surface area contributed by atoms with Crippen molar-refractivity contribution in [2.45, 2.75) is 70.6 Å². The number of allylic oxidation sites excluding steroid dienone is 2. The van der Waals surface area contributed by atoms with Crippen molar-refractivity contribution < 1.29 is 30.0 Å². The first kappa shape index (κ1) is 36.3. The summed E-state index contributed by atoms with van der Waals surface area (Å²) in [5, 5.41) is 11.8. The zero-order chi connectivity index (χ0) is 32.8. The Bertz CT molecular complexity index is 1870. The Balaban J connectivity index is 0.000000307. The molecule has 0 spiro atoms. The van der Waals surface area contributed by atoms with Crippen molar-refractivity contribution >= 4 is 28.3 Å². The fraction of sp³-hybridized carbons (Fsp3) is 0.286. The standard InChI is InChI=1S/C31H24NS.C11H20O2.Ir/c1-20(2)17-21-11-12-22-15-16-32-31(27(22)18-21)23-13-14-30-28(19-23)25-8-4-3-7-24(25)26-9-5-6-10-29(26)33-30;1-8(2)5-10(12)7-11(13)6-9(3)4;/h3-12,14-16,18-20H,17H2,1-2H3;7-9,12H,5-6H2,1-4H3;/q-1;;/b;10-7-;. The van der Waals surface area contributed by atoms with Crippen molar-refractivity contribution in [1.29, 1.82) is 0 Å². The molecule has 2 heterocycles.